The minimum atomic E-state index is -0.504. The van der Waals surface area contributed by atoms with E-state index in [0.29, 0.717) is 13.2 Å². The zero-order valence-electron chi connectivity index (χ0n) is 18.0. The van der Waals surface area contributed by atoms with E-state index in [0.717, 1.165) is 43.9 Å². The highest BCUT2D eigenvalue weighted by atomic mass is 16.5. The molecule has 0 radical (unpaired) electrons. The number of piperazine rings is 1. The first-order valence-electron chi connectivity index (χ1n) is 11.2. The smallest absolute Gasteiger partial charge is 0.108 e. The van der Waals surface area contributed by atoms with Crippen LogP contribution in [0.25, 0.3) is 0 Å². The fraction of sp³-hybridized carbons (Fsp3) is 0.333. The Bertz CT molecular complexity index is 841. The Balaban J connectivity index is 1.26. The van der Waals surface area contributed by atoms with Crippen LogP contribution in [0.1, 0.15) is 22.8 Å². The summed E-state index contributed by atoms with van der Waals surface area (Å²) in [5, 5.41) is 10.7. The standard InChI is InChI=1S/C27H32N2O2/c30-26(21-29-18-16-28(17-19-29)20-23-10-4-1-5-11-23)22-31-27(24-12-6-2-7-13-24)25-14-8-3-9-15-25/h1-15,26-27,30H,16-22H2. The van der Waals surface area contributed by atoms with Crippen molar-refractivity contribution in [1.29, 1.82) is 0 Å². The molecule has 1 aliphatic rings. The second-order valence-corrected chi connectivity index (χ2v) is 8.25. The molecular formula is C27H32N2O2. The molecule has 1 heterocycles. The molecule has 1 aliphatic heterocycles. The monoisotopic (exact) mass is 416 g/mol. The molecule has 0 amide bonds. The number of rotatable bonds is 9. The van der Waals surface area contributed by atoms with E-state index in [1.165, 1.54) is 5.56 Å². The van der Waals surface area contributed by atoms with Gasteiger partial charge < -0.3 is 9.84 Å². The molecule has 4 nitrogen and oxygen atoms in total. The van der Waals surface area contributed by atoms with Crippen molar-refractivity contribution in [3.05, 3.63) is 108 Å². The van der Waals surface area contributed by atoms with Crippen LogP contribution in [0.2, 0.25) is 0 Å². The Hall–Kier alpha value is -2.50. The van der Waals surface area contributed by atoms with Crippen LogP contribution in [0.3, 0.4) is 0 Å². The molecule has 1 unspecified atom stereocenters. The number of ether oxygens (including phenoxy) is 1. The van der Waals surface area contributed by atoms with E-state index in [9.17, 15) is 5.11 Å². The topological polar surface area (TPSA) is 35.9 Å². The highest BCUT2D eigenvalue weighted by molar-refractivity contribution is 5.29. The van der Waals surface area contributed by atoms with Gasteiger partial charge in [-0.25, -0.2) is 0 Å². The van der Waals surface area contributed by atoms with Gasteiger partial charge in [0.25, 0.3) is 0 Å². The van der Waals surface area contributed by atoms with Gasteiger partial charge in [-0.1, -0.05) is 91.0 Å². The molecule has 0 saturated carbocycles. The van der Waals surface area contributed by atoms with Gasteiger partial charge in [0.2, 0.25) is 0 Å². The van der Waals surface area contributed by atoms with Crippen molar-refractivity contribution >= 4 is 0 Å². The molecule has 3 aromatic carbocycles. The van der Waals surface area contributed by atoms with Crippen LogP contribution in [-0.2, 0) is 11.3 Å². The molecule has 0 bridgehead atoms. The second-order valence-electron chi connectivity index (χ2n) is 8.25. The van der Waals surface area contributed by atoms with E-state index < -0.39 is 6.10 Å². The van der Waals surface area contributed by atoms with Gasteiger partial charge in [-0.2, -0.15) is 0 Å². The minimum Gasteiger partial charge on any atom is -0.389 e. The molecule has 1 saturated heterocycles. The summed E-state index contributed by atoms with van der Waals surface area (Å²) >= 11 is 0. The lowest BCUT2D eigenvalue weighted by atomic mass is 10.0. The first-order chi connectivity index (χ1) is 15.3. The summed E-state index contributed by atoms with van der Waals surface area (Å²) in [5.74, 6) is 0. The van der Waals surface area contributed by atoms with Crippen LogP contribution in [0, 0.1) is 0 Å². The number of hydrogen-bond donors (Lipinski definition) is 1. The van der Waals surface area contributed by atoms with Gasteiger partial charge in [0.1, 0.15) is 6.10 Å². The summed E-state index contributed by atoms with van der Waals surface area (Å²) in [6.07, 6.45) is -0.671. The maximum absolute atomic E-state index is 10.7. The molecule has 1 atom stereocenters. The van der Waals surface area contributed by atoms with Crippen molar-refractivity contribution in [2.75, 3.05) is 39.3 Å². The van der Waals surface area contributed by atoms with Gasteiger partial charge in [0.05, 0.1) is 12.7 Å². The third kappa shape index (κ3) is 6.49. The highest BCUT2D eigenvalue weighted by Gasteiger charge is 2.21. The van der Waals surface area contributed by atoms with Crippen molar-refractivity contribution in [1.82, 2.24) is 9.80 Å². The lowest BCUT2D eigenvalue weighted by Gasteiger charge is -2.35. The number of aliphatic hydroxyl groups is 1. The molecule has 1 fully saturated rings. The van der Waals surface area contributed by atoms with Gasteiger partial charge in [0, 0.05) is 39.3 Å². The first kappa shape index (κ1) is 21.7. The van der Waals surface area contributed by atoms with Crippen molar-refractivity contribution < 1.29 is 9.84 Å². The Morgan fingerprint density at radius 1 is 0.677 bits per heavy atom. The third-order valence-corrected chi connectivity index (χ3v) is 5.84. The average Bonchev–Trinajstić information content (AvgIpc) is 2.83. The molecule has 1 N–H and O–H groups in total. The van der Waals surface area contributed by atoms with E-state index in [1.54, 1.807) is 0 Å². The van der Waals surface area contributed by atoms with E-state index >= 15 is 0 Å². The largest absolute Gasteiger partial charge is 0.389 e. The number of aliphatic hydroxyl groups excluding tert-OH is 1. The van der Waals surface area contributed by atoms with Crippen molar-refractivity contribution in [3.8, 4) is 0 Å². The Kier molecular flexibility index (Phi) is 7.86. The lowest BCUT2D eigenvalue weighted by Crippen LogP contribution is -2.48. The van der Waals surface area contributed by atoms with Crippen LogP contribution in [0.4, 0.5) is 0 Å². The van der Waals surface area contributed by atoms with E-state index in [1.807, 2.05) is 36.4 Å². The quantitative estimate of drug-likeness (QED) is 0.573. The molecule has 31 heavy (non-hydrogen) atoms. The zero-order chi connectivity index (χ0) is 21.3. The SMILES string of the molecule is OC(COC(c1ccccc1)c1ccccc1)CN1CCN(Cc2ccccc2)CC1. The third-order valence-electron chi connectivity index (χ3n) is 5.84. The van der Waals surface area contributed by atoms with Crippen molar-refractivity contribution in [2.45, 2.75) is 18.8 Å². The van der Waals surface area contributed by atoms with Gasteiger partial charge >= 0.3 is 0 Å². The molecule has 0 spiro atoms. The zero-order valence-corrected chi connectivity index (χ0v) is 18.0. The number of β-amino-alcohol motifs (C(OH)–C–C–N with tert-alkyl or cyclic N) is 1. The lowest BCUT2D eigenvalue weighted by molar-refractivity contribution is -0.0148. The second kappa shape index (κ2) is 11.2. The summed E-state index contributed by atoms with van der Waals surface area (Å²) in [7, 11) is 0. The fourth-order valence-corrected chi connectivity index (χ4v) is 4.17. The predicted molar refractivity (Wildman–Crippen MR) is 125 cm³/mol. The Morgan fingerprint density at radius 3 is 1.71 bits per heavy atom. The summed E-state index contributed by atoms with van der Waals surface area (Å²) in [4.78, 5) is 4.82. The summed E-state index contributed by atoms with van der Waals surface area (Å²) < 4.78 is 6.23. The van der Waals surface area contributed by atoms with Gasteiger partial charge in [-0.15, -0.1) is 0 Å². The van der Waals surface area contributed by atoms with Crippen LogP contribution in [-0.4, -0.2) is 60.3 Å². The first-order valence-corrected chi connectivity index (χ1v) is 11.2. The van der Waals surface area contributed by atoms with E-state index in [4.69, 9.17) is 4.74 Å². The summed E-state index contributed by atoms with van der Waals surface area (Å²) in [6.45, 7) is 5.97. The molecule has 3 aromatic rings. The van der Waals surface area contributed by atoms with Crippen LogP contribution in [0.15, 0.2) is 91.0 Å². The number of benzene rings is 3. The predicted octanol–water partition coefficient (Wildman–Crippen LogP) is 3.97. The maximum Gasteiger partial charge on any atom is 0.108 e. The minimum absolute atomic E-state index is 0.167. The van der Waals surface area contributed by atoms with E-state index in [2.05, 4.69) is 64.4 Å². The van der Waals surface area contributed by atoms with Gasteiger partial charge in [-0.3, -0.25) is 9.80 Å². The molecule has 4 heteroatoms. The molecule has 0 aromatic heterocycles. The van der Waals surface area contributed by atoms with Gasteiger partial charge in [0.15, 0.2) is 0 Å². The molecule has 162 valence electrons. The Labute approximate surface area is 185 Å². The normalized spacial score (nSPS) is 16.5. The van der Waals surface area contributed by atoms with Crippen molar-refractivity contribution in [3.63, 3.8) is 0 Å². The van der Waals surface area contributed by atoms with Crippen LogP contribution in [0.5, 0.6) is 0 Å². The molecule has 4 rings (SSSR count). The van der Waals surface area contributed by atoms with Crippen LogP contribution >= 0.6 is 0 Å². The molecular weight excluding hydrogens is 384 g/mol. The summed E-state index contributed by atoms with van der Waals surface area (Å²) in [5.41, 5.74) is 3.57. The maximum atomic E-state index is 10.7. The number of hydrogen-bond acceptors (Lipinski definition) is 4. The molecule has 0 aliphatic carbocycles. The average molecular weight is 417 g/mol. The number of nitrogens with zero attached hydrogens (tertiary/aromatic N) is 2. The summed E-state index contributed by atoms with van der Waals surface area (Å²) in [6, 6.07) is 31.1. The van der Waals surface area contributed by atoms with E-state index in [-0.39, 0.29) is 6.10 Å². The highest BCUT2D eigenvalue weighted by Crippen LogP contribution is 2.26. The van der Waals surface area contributed by atoms with Crippen molar-refractivity contribution in [2.24, 2.45) is 0 Å². The fourth-order valence-electron chi connectivity index (χ4n) is 4.17. The van der Waals surface area contributed by atoms with Crippen LogP contribution < -0.4 is 0 Å². The Morgan fingerprint density at radius 2 is 1.16 bits per heavy atom. The van der Waals surface area contributed by atoms with Gasteiger partial charge in [-0.05, 0) is 16.7 Å².